The van der Waals surface area contributed by atoms with Crippen molar-refractivity contribution in [1.29, 1.82) is 0 Å². The molecule has 1 aliphatic rings. The fourth-order valence-corrected chi connectivity index (χ4v) is 3.50. The SMILES string of the molecule is COc1cccc(CN(C)C(=O)C2CC(=O)N(CCc3ccccc3)C2)c1. The van der Waals surface area contributed by atoms with E-state index in [4.69, 9.17) is 4.74 Å². The number of rotatable bonds is 7. The van der Waals surface area contributed by atoms with Crippen molar-refractivity contribution in [2.24, 2.45) is 5.92 Å². The highest BCUT2D eigenvalue weighted by molar-refractivity contribution is 5.89. The Morgan fingerprint density at radius 2 is 1.89 bits per heavy atom. The van der Waals surface area contributed by atoms with Gasteiger partial charge in [-0.15, -0.1) is 0 Å². The molecule has 2 aromatic carbocycles. The molecule has 1 fully saturated rings. The fraction of sp³-hybridized carbons (Fsp3) is 0.364. The van der Waals surface area contributed by atoms with Gasteiger partial charge in [0.15, 0.2) is 0 Å². The van der Waals surface area contributed by atoms with E-state index in [1.54, 1.807) is 19.1 Å². The first kappa shape index (κ1) is 19.0. The number of likely N-dealkylation sites (tertiary alicyclic amines) is 1. The first-order chi connectivity index (χ1) is 13.1. The molecule has 142 valence electrons. The maximum atomic E-state index is 12.8. The molecule has 0 saturated carbocycles. The summed E-state index contributed by atoms with van der Waals surface area (Å²) in [7, 11) is 3.42. The maximum absolute atomic E-state index is 12.8. The predicted octanol–water partition coefficient (Wildman–Crippen LogP) is 2.74. The number of hydrogen-bond donors (Lipinski definition) is 0. The van der Waals surface area contributed by atoms with Crippen LogP contribution in [0.4, 0.5) is 0 Å². The van der Waals surface area contributed by atoms with Gasteiger partial charge in [-0.2, -0.15) is 0 Å². The summed E-state index contributed by atoms with van der Waals surface area (Å²) in [4.78, 5) is 28.6. The Kier molecular flexibility index (Phi) is 6.12. The Bertz CT molecular complexity index is 791. The lowest BCUT2D eigenvalue weighted by atomic mass is 10.1. The summed E-state index contributed by atoms with van der Waals surface area (Å²) in [5.41, 5.74) is 2.21. The van der Waals surface area contributed by atoms with Crippen LogP contribution in [0.3, 0.4) is 0 Å². The van der Waals surface area contributed by atoms with Gasteiger partial charge in [0.05, 0.1) is 13.0 Å². The second-order valence-electron chi connectivity index (χ2n) is 7.02. The monoisotopic (exact) mass is 366 g/mol. The van der Waals surface area contributed by atoms with Gasteiger partial charge in [-0.05, 0) is 29.7 Å². The average Bonchev–Trinajstić information content (AvgIpc) is 3.07. The quantitative estimate of drug-likeness (QED) is 0.757. The van der Waals surface area contributed by atoms with Crippen LogP contribution in [0.25, 0.3) is 0 Å². The molecule has 1 unspecified atom stereocenters. The van der Waals surface area contributed by atoms with Crippen molar-refractivity contribution in [2.75, 3.05) is 27.2 Å². The van der Waals surface area contributed by atoms with E-state index in [2.05, 4.69) is 12.1 Å². The lowest BCUT2D eigenvalue weighted by molar-refractivity contribution is -0.135. The van der Waals surface area contributed by atoms with Crippen molar-refractivity contribution in [2.45, 2.75) is 19.4 Å². The van der Waals surface area contributed by atoms with E-state index in [0.717, 1.165) is 17.7 Å². The number of ether oxygens (including phenoxy) is 1. The topological polar surface area (TPSA) is 49.9 Å². The summed E-state index contributed by atoms with van der Waals surface area (Å²) in [6, 6.07) is 17.8. The summed E-state index contributed by atoms with van der Waals surface area (Å²) >= 11 is 0. The molecule has 3 rings (SSSR count). The zero-order valence-corrected chi connectivity index (χ0v) is 15.9. The van der Waals surface area contributed by atoms with E-state index in [1.807, 2.05) is 47.4 Å². The molecule has 5 heteroatoms. The molecule has 5 nitrogen and oxygen atoms in total. The van der Waals surface area contributed by atoms with Crippen molar-refractivity contribution in [3.8, 4) is 5.75 Å². The molecule has 0 spiro atoms. The standard InChI is InChI=1S/C22H26N2O3/c1-23(15-18-9-6-10-20(13-18)27-2)22(26)19-14-21(25)24(16-19)12-11-17-7-4-3-5-8-17/h3-10,13,19H,11-12,14-16H2,1-2H3. The van der Waals surface area contributed by atoms with Crippen LogP contribution in [-0.2, 0) is 22.6 Å². The number of nitrogens with zero attached hydrogens (tertiary/aromatic N) is 2. The second kappa shape index (κ2) is 8.71. The predicted molar refractivity (Wildman–Crippen MR) is 104 cm³/mol. The Balaban J connectivity index is 1.54. The van der Waals surface area contributed by atoms with Gasteiger partial charge >= 0.3 is 0 Å². The Hall–Kier alpha value is -2.82. The first-order valence-corrected chi connectivity index (χ1v) is 9.26. The van der Waals surface area contributed by atoms with Crippen LogP contribution in [0.2, 0.25) is 0 Å². The molecule has 1 heterocycles. The van der Waals surface area contributed by atoms with Gasteiger partial charge in [0.1, 0.15) is 5.75 Å². The van der Waals surface area contributed by atoms with Crippen molar-refractivity contribution in [1.82, 2.24) is 9.80 Å². The summed E-state index contributed by atoms with van der Waals surface area (Å²) < 4.78 is 5.23. The minimum absolute atomic E-state index is 0.0216. The fourth-order valence-electron chi connectivity index (χ4n) is 3.50. The van der Waals surface area contributed by atoms with E-state index < -0.39 is 0 Å². The van der Waals surface area contributed by atoms with Gasteiger partial charge in [-0.25, -0.2) is 0 Å². The van der Waals surface area contributed by atoms with Crippen molar-refractivity contribution >= 4 is 11.8 Å². The first-order valence-electron chi connectivity index (χ1n) is 9.26. The van der Waals surface area contributed by atoms with Crippen LogP contribution < -0.4 is 4.74 Å². The zero-order valence-electron chi connectivity index (χ0n) is 15.9. The van der Waals surface area contributed by atoms with Gasteiger partial charge in [0.25, 0.3) is 0 Å². The molecule has 0 aliphatic carbocycles. The second-order valence-corrected chi connectivity index (χ2v) is 7.02. The molecule has 27 heavy (non-hydrogen) atoms. The lowest BCUT2D eigenvalue weighted by Gasteiger charge is -2.22. The van der Waals surface area contributed by atoms with Gasteiger partial charge in [0.2, 0.25) is 11.8 Å². The highest BCUT2D eigenvalue weighted by atomic mass is 16.5. The molecule has 2 amide bonds. The molecule has 1 saturated heterocycles. The van der Waals surface area contributed by atoms with Crippen LogP contribution in [0.15, 0.2) is 54.6 Å². The van der Waals surface area contributed by atoms with Gasteiger partial charge in [-0.3, -0.25) is 9.59 Å². The summed E-state index contributed by atoms with van der Waals surface area (Å²) in [6.45, 7) is 1.67. The van der Waals surface area contributed by atoms with Crippen molar-refractivity contribution < 1.29 is 14.3 Å². The van der Waals surface area contributed by atoms with E-state index in [0.29, 0.717) is 26.1 Å². The number of hydrogen-bond acceptors (Lipinski definition) is 3. The third-order valence-electron chi connectivity index (χ3n) is 5.01. The Morgan fingerprint density at radius 1 is 1.15 bits per heavy atom. The van der Waals surface area contributed by atoms with E-state index >= 15 is 0 Å². The van der Waals surface area contributed by atoms with Crippen LogP contribution in [0.1, 0.15) is 17.5 Å². The molecule has 0 N–H and O–H groups in total. The van der Waals surface area contributed by atoms with Crippen LogP contribution in [-0.4, -0.2) is 48.9 Å². The number of benzene rings is 2. The molecule has 2 aromatic rings. The highest BCUT2D eigenvalue weighted by Crippen LogP contribution is 2.22. The molecule has 1 aliphatic heterocycles. The van der Waals surface area contributed by atoms with Crippen molar-refractivity contribution in [3.63, 3.8) is 0 Å². The number of carbonyl (C=O) groups excluding carboxylic acids is 2. The summed E-state index contributed by atoms with van der Waals surface area (Å²) in [5, 5.41) is 0. The summed E-state index contributed by atoms with van der Waals surface area (Å²) in [6.07, 6.45) is 1.11. The number of amides is 2. The zero-order chi connectivity index (χ0) is 19.2. The molecule has 1 atom stereocenters. The van der Waals surface area contributed by atoms with E-state index in [1.165, 1.54) is 5.56 Å². The Morgan fingerprint density at radius 3 is 2.63 bits per heavy atom. The molecular weight excluding hydrogens is 340 g/mol. The highest BCUT2D eigenvalue weighted by Gasteiger charge is 2.35. The van der Waals surface area contributed by atoms with Crippen molar-refractivity contribution in [3.05, 3.63) is 65.7 Å². The van der Waals surface area contributed by atoms with Crippen LogP contribution in [0.5, 0.6) is 5.75 Å². The van der Waals surface area contributed by atoms with Gasteiger partial charge in [-0.1, -0.05) is 42.5 Å². The number of methoxy groups -OCH3 is 1. The molecule has 0 radical (unpaired) electrons. The normalized spacial score (nSPS) is 16.4. The minimum Gasteiger partial charge on any atom is -0.497 e. The maximum Gasteiger partial charge on any atom is 0.228 e. The molecule has 0 aromatic heterocycles. The lowest BCUT2D eigenvalue weighted by Crippen LogP contribution is -2.34. The van der Waals surface area contributed by atoms with Crippen LogP contribution >= 0.6 is 0 Å². The largest absolute Gasteiger partial charge is 0.497 e. The van der Waals surface area contributed by atoms with Gasteiger partial charge < -0.3 is 14.5 Å². The average molecular weight is 366 g/mol. The molecule has 0 bridgehead atoms. The smallest absolute Gasteiger partial charge is 0.228 e. The van der Waals surface area contributed by atoms with Crippen LogP contribution in [0, 0.1) is 5.92 Å². The van der Waals surface area contributed by atoms with E-state index in [9.17, 15) is 9.59 Å². The third-order valence-corrected chi connectivity index (χ3v) is 5.01. The third kappa shape index (κ3) is 4.88. The Labute approximate surface area is 160 Å². The van der Waals surface area contributed by atoms with E-state index in [-0.39, 0.29) is 17.7 Å². The minimum atomic E-state index is -0.260. The summed E-state index contributed by atoms with van der Waals surface area (Å²) in [5.74, 6) is 0.604. The molecular formula is C22H26N2O3. The number of carbonyl (C=O) groups is 2. The van der Waals surface area contributed by atoms with Gasteiger partial charge in [0, 0.05) is 33.1 Å².